The highest BCUT2D eigenvalue weighted by Gasteiger charge is 2.18. The number of hydrogen-bond donors (Lipinski definition) is 0. The molecule has 2 aromatic rings. The molecule has 0 saturated carbocycles. The van der Waals surface area contributed by atoms with Crippen LogP contribution in [0.2, 0.25) is 0 Å². The minimum atomic E-state index is -0.517. The number of benzene rings is 2. The van der Waals surface area contributed by atoms with Gasteiger partial charge >= 0.3 is 0 Å². The Balaban J connectivity index is 1.86. The Morgan fingerprint density at radius 1 is 1.15 bits per heavy atom. The van der Waals surface area contributed by atoms with Crippen molar-refractivity contribution >= 4 is 0 Å². The van der Waals surface area contributed by atoms with Crippen molar-refractivity contribution in [2.45, 2.75) is 12.3 Å². The number of rotatable bonds is 3. The van der Waals surface area contributed by atoms with Gasteiger partial charge in [-0.15, -0.1) is 0 Å². The van der Waals surface area contributed by atoms with E-state index in [2.05, 4.69) is 6.07 Å². The molecule has 4 heteroatoms. The minimum absolute atomic E-state index is 0.216. The fraction of sp³-hybridized carbons (Fsp3) is 0.188. The Kier molecular flexibility index (Phi) is 3.26. The Bertz CT molecular complexity index is 678. The van der Waals surface area contributed by atoms with E-state index in [1.807, 2.05) is 18.2 Å². The van der Waals surface area contributed by atoms with Crippen molar-refractivity contribution in [2.75, 3.05) is 6.79 Å². The molecular weight excluding hydrogens is 257 g/mol. The van der Waals surface area contributed by atoms with Crippen molar-refractivity contribution in [1.82, 2.24) is 0 Å². The third-order valence-electron chi connectivity index (χ3n) is 3.31. The van der Waals surface area contributed by atoms with E-state index in [0.29, 0.717) is 23.5 Å². The van der Waals surface area contributed by atoms with Crippen LogP contribution in [-0.4, -0.2) is 6.79 Å². The van der Waals surface area contributed by atoms with Gasteiger partial charge in [-0.1, -0.05) is 24.3 Å². The van der Waals surface area contributed by atoms with Gasteiger partial charge in [0.1, 0.15) is 5.82 Å². The smallest absolute Gasteiger partial charge is 0.231 e. The third kappa shape index (κ3) is 2.30. The molecule has 1 aliphatic heterocycles. The first kappa shape index (κ1) is 12.5. The van der Waals surface area contributed by atoms with E-state index >= 15 is 0 Å². The highest BCUT2D eigenvalue weighted by Crippen LogP contribution is 2.34. The fourth-order valence-corrected chi connectivity index (χ4v) is 2.29. The predicted molar refractivity (Wildman–Crippen MR) is 71.0 cm³/mol. The minimum Gasteiger partial charge on any atom is -0.454 e. The summed E-state index contributed by atoms with van der Waals surface area (Å²) in [6.07, 6.45) is 0.439. The average Bonchev–Trinajstić information content (AvgIpc) is 2.93. The molecule has 2 aromatic carbocycles. The molecule has 20 heavy (non-hydrogen) atoms. The van der Waals surface area contributed by atoms with E-state index in [4.69, 9.17) is 9.47 Å². The second kappa shape index (κ2) is 5.22. The number of hydrogen-bond acceptors (Lipinski definition) is 3. The molecule has 0 saturated heterocycles. The summed E-state index contributed by atoms with van der Waals surface area (Å²) in [6.45, 7) is 0.216. The molecule has 0 fully saturated rings. The molecule has 1 atom stereocenters. The first-order valence-electron chi connectivity index (χ1n) is 6.30. The van der Waals surface area contributed by atoms with Crippen LogP contribution in [0.1, 0.15) is 17.0 Å². The standard InChI is InChI=1S/C16H12FNO2/c17-14-4-2-1-3-13(14)12(9-18)7-11-5-6-15-16(8-11)20-10-19-15/h1-6,8,12H,7,10H2. The molecule has 3 nitrogen and oxygen atoms in total. The monoisotopic (exact) mass is 269 g/mol. The first-order valence-corrected chi connectivity index (χ1v) is 6.30. The van der Waals surface area contributed by atoms with Crippen molar-refractivity contribution in [3.05, 3.63) is 59.4 Å². The summed E-state index contributed by atoms with van der Waals surface area (Å²) in [5.74, 6) is 0.511. The molecule has 0 aliphatic carbocycles. The summed E-state index contributed by atoms with van der Waals surface area (Å²) in [7, 11) is 0. The fourth-order valence-electron chi connectivity index (χ4n) is 2.29. The van der Waals surface area contributed by atoms with E-state index in [1.54, 1.807) is 18.2 Å². The van der Waals surface area contributed by atoms with Gasteiger partial charge in [-0.25, -0.2) is 4.39 Å². The maximum Gasteiger partial charge on any atom is 0.231 e. The maximum atomic E-state index is 13.8. The topological polar surface area (TPSA) is 42.2 Å². The molecule has 0 amide bonds. The van der Waals surface area contributed by atoms with Gasteiger partial charge in [0.25, 0.3) is 0 Å². The van der Waals surface area contributed by atoms with Crippen molar-refractivity contribution in [3.63, 3.8) is 0 Å². The predicted octanol–water partition coefficient (Wildman–Crippen LogP) is 3.40. The molecule has 0 spiro atoms. The average molecular weight is 269 g/mol. The zero-order valence-corrected chi connectivity index (χ0v) is 10.7. The molecule has 0 bridgehead atoms. The van der Waals surface area contributed by atoms with Gasteiger partial charge in [-0.3, -0.25) is 0 Å². The Hall–Kier alpha value is -2.54. The van der Waals surface area contributed by atoms with E-state index in [1.165, 1.54) is 6.07 Å². The summed E-state index contributed by atoms with van der Waals surface area (Å²) in [6, 6.07) is 14.1. The largest absolute Gasteiger partial charge is 0.454 e. The molecule has 1 heterocycles. The van der Waals surface area contributed by atoms with Gasteiger partial charge in [0, 0.05) is 5.56 Å². The SMILES string of the molecule is N#CC(Cc1ccc2c(c1)OCO2)c1ccccc1F. The second-order valence-electron chi connectivity index (χ2n) is 4.59. The molecule has 3 rings (SSSR count). The lowest BCUT2D eigenvalue weighted by Gasteiger charge is -2.11. The van der Waals surface area contributed by atoms with Crippen LogP contribution >= 0.6 is 0 Å². The first-order chi connectivity index (χ1) is 9.78. The lowest BCUT2D eigenvalue weighted by atomic mass is 9.93. The van der Waals surface area contributed by atoms with Crippen LogP contribution in [0.15, 0.2) is 42.5 Å². The normalized spacial score (nSPS) is 13.8. The lowest BCUT2D eigenvalue weighted by Crippen LogP contribution is -2.03. The highest BCUT2D eigenvalue weighted by molar-refractivity contribution is 5.45. The Morgan fingerprint density at radius 2 is 1.95 bits per heavy atom. The van der Waals surface area contributed by atoms with Crippen LogP contribution in [0.5, 0.6) is 11.5 Å². The lowest BCUT2D eigenvalue weighted by molar-refractivity contribution is 0.174. The maximum absolute atomic E-state index is 13.8. The molecule has 1 aliphatic rings. The van der Waals surface area contributed by atoms with E-state index < -0.39 is 5.92 Å². The van der Waals surface area contributed by atoms with Crippen molar-refractivity contribution in [3.8, 4) is 17.6 Å². The van der Waals surface area contributed by atoms with Gasteiger partial charge in [0.2, 0.25) is 6.79 Å². The number of nitrogens with zero attached hydrogens (tertiary/aromatic N) is 1. The third-order valence-corrected chi connectivity index (χ3v) is 3.31. The summed E-state index contributed by atoms with van der Waals surface area (Å²) in [5, 5.41) is 9.29. The van der Waals surface area contributed by atoms with E-state index in [0.717, 1.165) is 5.56 Å². The molecule has 0 radical (unpaired) electrons. The zero-order valence-electron chi connectivity index (χ0n) is 10.7. The summed E-state index contributed by atoms with van der Waals surface area (Å²) >= 11 is 0. The number of fused-ring (bicyclic) bond motifs is 1. The van der Waals surface area contributed by atoms with Crippen LogP contribution in [-0.2, 0) is 6.42 Å². The van der Waals surface area contributed by atoms with Gasteiger partial charge in [0.05, 0.1) is 12.0 Å². The van der Waals surface area contributed by atoms with Crippen LogP contribution in [0, 0.1) is 17.1 Å². The van der Waals surface area contributed by atoms with Crippen molar-refractivity contribution < 1.29 is 13.9 Å². The molecule has 0 aromatic heterocycles. The van der Waals surface area contributed by atoms with Gasteiger partial charge in [-0.05, 0) is 30.2 Å². The Labute approximate surface area is 116 Å². The number of ether oxygens (including phenoxy) is 2. The number of nitriles is 1. The van der Waals surface area contributed by atoms with Crippen molar-refractivity contribution in [1.29, 1.82) is 5.26 Å². The van der Waals surface area contributed by atoms with Crippen LogP contribution in [0.4, 0.5) is 4.39 Å². The molecular formula is C16H12FNO2. The van der Waals surface area contributed by atoms with E-state index in [9.17, 15) is 9.65 Å². The number of halogens is 1. The molecule has 100 valence electrons. The summed E-state index contributed by atoms with van der Waals surface area (Å²) in [4.78, 5) is 0. The van der Waals surface area contributed by atoms with Crippen LogP contribution in [0.3, 0.4) is 0 Å². The van der Waals surface area contributed by atoms with Crippen molar-refractivity contribution in [2.24, 2.45) is 0 Å². The highest BCUT2D eigenvalue weighted by atomic mass is 19.1. The van der Waals surface area contributed by atoms with Crippen LogP contribution < -0.4 is 9.47 Å². The van der Waals surface area contributed by atoms with Gasteiger partial charge in [0.15, 0.2) is 11.5 Å². The van der Waals surface area contributed by atoms with Gasteiger partial charge in [-0.2, -0.15) is 5.26 Å². The summed E-state index contributed by atoms with van der Waals surface area (Å²) in [5.41, 5.74) is 1.34. The zero-order chi connectivity index (χ0) is 13.9. The Morgan fingerprint density at radius 3 is 2.75 bits per heavy atom. The van der Waals surface area contributed by atoms with E-state index in [-0.39, 0.29) is 12.6 Å². The molecule has 0 N–H and O–H groups in total. The second-order valence-corrected chi connectivity index (χ2v) is 4.59. The van der Waals surface area contributed by atoms with Crippen LogP contribution in [0.25, 0.3) is 0 Å². The molecule has 1 unspecified atom stereocenters. The summed E-state index contributed by atoms with van der Waals surface area (Å²) < 4.78 is 24.3. The quantitative estimate of drug-likeness (QED) is 0.857. The van der Waals surface area contributed by atoms with Gasteiger partial charge < -0.3 is 9.47 Å².